The topological polar surface area (TPSA) is 66.6 Å². The highest BCUT2D eigenvalue weighted by atomic mass is 16.3. The number of aliphatic hydroxyl groups is 1. The van der Waals surface area contributed by atoms with Gasteiger partial charge in [0.25, 0.3) is 0 Å². The predicted octanol–water partition coefficient (Wildman–Crippen LogP) is -0.0454. The number of hydrogen-bond acceptors (Lipinski definition) is 3. The fourth-order valence-corrected chi connectivity index (χ4v) is 1.93. The first-order chi connectivity index (χ1) is 6.69. The smallest absolute Gasteiger partial charge is 0.223 e. The Bertz CT molecular complexity index is 197. The number of amides is 1. The van der Waals surface area contributed by atoms with Crippen LogP contribution in [0.1, 0.15) is 26.2 Å². The number of hydrogen-bond donors (Lipinski definition) is 2. The Morgan fingerprint density at radius 2 is 2.36 bits per heavy atom. The number of carbonyl (C=O) groups excluding carboxylic acids is 1. The summed E-state index contributed by atoms with van der Waals surface area (Å²) in [7, 11) is 0. The molecule has 4 nitrogen and oxygen atoms in total. The van der Waals surface area contributed by atoms with E-state index in [0.29, 0.717) is 32.5 Å². The fourth-order valence-electron chi connectivity index (χ4n) is 1.93. The third-order valence-corrected chi connectivity index (χ3v) is 2.93. The third-order valence-electron chi connectivity index (χ3n) is 2.93. The van der Waals surface area contributed by atoms with Gasteiger partial charge in [-0.15, -0.1) is 0 Å². The minimum absolute atomic E-state index is 0.123. The van der Waals surface area contributed by atoms with Crippen LogP contribution in [0.15, 0.2) is 0 Å². The van der Waals surface area contributed by atoms with Crippen molar-refractivity contribution < 1.29 is 9.90 Å². The van der Waals surface area contributed by atoms with Gasteiger partial charge in [-0.25, -0.2) is 0 Å². The largest absolute Gasteiger partial charge is 0.393 e. The molecule has 1 heterocycles. The normalized spacial score (nSPS) is 27.8. The van der Waals surface area contributed by atoms with Crippen molar-refractivity contribution in [1.82, 2.24) is 4.90 Å². The lowest BCUT2D eigenvalue weighted by Crippen LogP contribution is -2.46. The van der Waals surface area contributed by atoms with Crippen molar-refractivity contribution in [2.75, 3.05) is 19.6 Å². The Morgan fingerprint density at radius 1 is 1.64 bits per heavy atom. The summed E-state index contributed by atoms with van der Waals surface area (Å²) in [5.41, 5.74) is 5.33. The molecule has 0 aromatic heterocycles. The Morgan fingerprint density at radius 3 is 2.93 bits per heavy atom. The van der Waals surface area contributed by atoms with Crippen molar-refractivity contribution in [3.8, 4) is 0 Å². The Kier molecular flexibility index (Phi) is 4.35. The third kappa shape index (κ3) is 2.69. The van der Waals surface area contributed by atoms with Crippen LogP contribution in [0.5, 0.6) is 0 Å². The molecule has 1 amide bonds. The van der Waals surface area contributed by atoms with Gasteiger partial charge in [0.2, 0.25) is 5.91 Å². The minimum atomic E-state index is -0.234. The molecule has 1 aliphatic heterocycles. The summed E-state index contributed by atoms with van der Waals surface area (Å²) < 4.78 is 0. The van der Waals surface area contributed by atoms with E-state index in [-0.39, 0.29) is 17.9 Å². The molecule has 82 valence electrons. The van der Waals surface area contributed by atoms with Gasteiger partial charge in [0.15, 0.2) is 0 Å². The number of nitrogens with zero attached hydrogens (tertiary/aromatic N) is 1. The lowest BCUT2D eigenvalue weighted by atomic mass is 9.92. The lowest BCUT2D eigenvalue weighted by molar-refractivity contribution is -0.134. The van der Waals surface area contributed by atoms with Crippen LogP contribution in [-0.2, 0) is 4.79 Å². The van der Waals surface area contributed by atoms with Crippen LogP contribution in [0, 0.1) is 5.92 Å². The second-order valence-electron chi connectivity index (χ2n) is 3.90. The lowest BCUT2D eigenvalue weighted by Gasteiger charge is -2.35. The summed E-state index contributed by atoms with van der Waals surface area (Å²) >= 11 is 0. The SMILES string of the molecule is CCC1CN(C(=O)CCN)CCC1O. The average Bonchev–Trinajstić information content (AvgIpc) is 2.19. The van der Waals surface area contributed by atoms with E-state index in [2.05, 4.69) is 0 Å². The number of piperidine rings is 1. The first-order valence-corrected chi connectivity index (χ1v) is 5.35. The molecule has 0 bridgehead atoms. The predicted molar refractivity (Wildman–Crippen MR) is 54.7 cm³/mol. The summed E-state index contributed by atoms with van der Waals surface area (Å²) in [6.45, 7) is 3.83. The molecule has 3 N–H and O–H groups in total. The van der Waals surface area contributed by atoms with Crippen LogP contribution in [0.25, 0.3) is 0 Å². The van der Waals surface area contributed by atoms with Crippen LogP contribution in [0.2, 0.25) is 0 Å². The molecule has 0 aliphatic carbocycles. The fraction of sp³-hybridized carbons (Fsp3) is 0.900. The molecule has 0 saturated carbocycles. The standard InChI is InChI=1S/C10H20N2O2/c1-2-8-7-12(6-4-9(8)13)10(14)3-5-11/h8-9,13H,2-7,11H2,1H3. The van der Waals surface area contributed by atoms with Gasteiger partial charge < -0.3 is 15.7 Å². The zero-order chi connectivity index (χ0) is 10.6. The number of carbonyl (C=O) groups is 1. The molecule has 0 spiro atoms. The van der Waals surface area contributed by atoms with E-state index in [1.807, 2.05) is 11.8 Å². The van der Waals surface area contributed by atoms with Gasteiger partial charge in [0.1, 0.15) is 0 Å². The Hall–Kier alpha value is -0.610. The van der Waals surface area contributed by atoms with Gasteiger partial charge >= 0.3 is 0 Å². The molecule has 1 aliphatic rings. The van der Waals surface area contributed by atoms with Crippen molar-refractivity contribution in [2.24, 2.45) is 11.7 Å². The van der Waals surface area contributed by atoms with Gasteiger partial charge in [-0.1, -0.05) is 6.92 Å². The van der Waals surface area contributed by atoms with Gasteiger partial charge in [0, 0.05) is 32.0 Å². The molecule has 4 heteroatoms. The van der Waals surface area contributed by atoms with Gasteiger partial charge in [-0.3, -0.25) is 4.79 Å². The number of aliphatic hydroxyl groups excluding tert-OH is 1. The summed E-state index contributed by atoms with van der Waals surface area (Å²) in [5, 5.41) is 9.64. The maximum Gasteiger partial charge on any atom is 0.223 e. The minimum Gasteiger partial charge on any atom is -0.393 e. The van der Waals surface area contributed by atoms with Crippen molar-refractivity contribution in [1.29, 1.82) is 0 Å². The number of nitrogens with two attached hydrogens (primary N) is 1. The molecule has 0 aromatic carbocycles. The summed E-state index contributed by atoms with van der Waals surface area (Å²) in [6, 6.07) is 0. The second kappa shape index (κ2) is 5.32. The van der Waals surface area contributed by atoms with Crippen molar-refractivity contribution >= 4 is 5.91 Å². The zero-order valence-electron chi connectivity index (χ0n) is 8.78. The monoisotopic (exact) mass is 200 g/mol. The van der Waals surface area contributed by atoms with E-state index in [9.17, 15) is 9.90 Å². The molecule has 2 atom stereocenters. The highest BCUT2D eigenvalue weighted by Gasteiger charge is 2.28. The Balaban J connectivity index is 2.45. The quantitative estimate of drug-likeness (QED) is 0.671. The molecule has 1 rings (SSSR count). The van der Waals surface area contributed by atoms with Crippen LogP contribution in [0.4, 0.5) is 0 Å². The van der Waals surface area contributed by atoms with E-state index in [1.165, 1.54) is 0 Å². The van der Waals surface area contributed by atoms with Gasteiger partial charge in [-0.05, 0) is 12.8 Å². The van der Waals surface area contributed by atoms with Crippen LogP contribution in [0.3, 0.4) is 0 Å². The van der Waals surface area contributed by atoms with Crippen LogP contribution >= 0.6 is 0 Å². The summed E-state index contributed by atoms with van der Waals surface area (Å²) in [5.74, 6) is 0.364. The van der Waals surface area contributed by atoms with E-state index in [1.54, 1.807) is 0 Å². The van der Waals surface area contributed by atoms with Crippen LogP contribution < -0.4 is 5.73 Å². The molecular formula is C10H20N2O2. The van der Waals surface area contributed by atoms with Gasteiger partial charge in [0.05, 0.1) is 6.10 Å². The van der Waals surface area contributed by atoms with E-state index in [0.717, 1.165) is 6.42 Å². The Labute approximate surface area is 85.1 Å². The van der Waals surface area contributed by atoms with E-state index < -0.39 is 0 Å². The highest BCUT2D eigenvalue weighted by molar-refractivity contribution is 5.76. The number of likely N-dealkylation sites (tertiary alicyclic amines) is 1. The van der Waals surface area contributed by atoms with Crippen molar-refractivity contribution in [3.63, 3.8) is 0 Å². The second-order valence-corrected chi connectivity index (χ2v) is 3.90. The first-order valence-electron chi connectivity index (χ1n) is 5.35. The van der Waals surface area contributed by atoms with Crippen LogP contribution in [-0.4, -0.2) is 41.7 Å². The zero-order valence-corrected chi connectivity index (χ0v) is 8.78. The molecule has 1 saturated heterocycles. The molecule has 1 fully saturated rings. The molecule has 2 unspecified atom stereocenters. The highest BCUT2D eigenvalue weighted by Crippen LogP contribution is 2.20. The number of rotatable bonds is 3. The first kappa shape index (κ1) is 11.5. The molecule has 0 radical (unpaired) electrons. The summed E-state index contributed by atoms with van der Waals surface area (Å²) in [6.07, 6.45) is 1.82. The summed E-state index contributed by atoms with van der Waals surface area (Å²) in [4.78, 5) is 13.4. The van der Waals surface area contributed by atoms with E-state index >= 15 is 0 Å². The molecule has 14 heavy (non-hydrogen) atoms. The molecular weight excluding hydrogens is 180 g/mol. The average molecular weight is 200 g/mol. The maximum atomic E-state index is 11.5. The van der Waals surface area contributed by atoms with Crippen molar-refractivity contribution in [2.45, 2.75) is 32.3 Å². The van der Waals surface area contributed by atoms with Crippen molar-refractivity contribution in [3.05, 3.63) is 0 Å². The molecule has 0 aromatic rings. The maximum absolute atomic E-state index is 11.5. The van der Waals surface area contributed by atoms with Gasteiger partial charge in [-0.2, -0.15) is 0 Å². The van der Waals surface area contributed by atoms with E-state index in [4.69, 9.17) is 5.73 Å².